The van der Waals surface area contributed by atoms with E-state index in [1.807, 2.05) is 24.3 Å². The van der Waals surface area contributed by atoms with Crippen molar-refractivity contribution in [2.24, 2.45) is 5.73 Å². The minimum Gasteiger partial charge on any atom is -0.497 e. The number of thioether (sulfide) groups is 1. The smallest absolute Gasteiger partial charge is 0.118 e. The third kappa shape index (κ3) is 2.01. The first-order chi connectivity index (χ1) is 6.79. The van der Waals surface area contributed by atoms with Crippen LogP contribution in [0, 0.1) is 0 Å². The molecule has 0 radical (unpaired) electrons. The van der Waals surface area contributed by atoms with Gasteiger partial charge >= 0.3 is 0 Å². The van der Waals surface area contributed by atoms with Crippen molar-refractivity contribution in [1.82, 2.24) is 10.9 Å². The Balaban J connectivity index is 2.09. The Bertz CT molecular complexity index is 303. The molecule has 0 aromatic heterocycles. The van der Waals surface area contributed by atoms with Crippen LogP contribution in [-0.4, -0.2) is 12.6 Å². The summed E-state index contributed by atoms with van der Waals surface area (Å²) in [5.74, 6) is 0.869. The normalized spacial score (nSPS) is 26.4. The molecule has 2 atom stereocenters. The molecule has 0 amide bonds. The molecule has 1 heterocycles. The highest BCUT2D eigenvalue weighted by Gasteiger charge is 2.22. The van der Waals surface area contributed by atoms with Crippen LogP contribution in [0.4, 0.5) is 0 Å². The van der Waals surface area contributed by atoms with Crippen molar-refractivity contribution in [3.63, 3.8) is 0 Å². The maximum atomic E-state index is 5.68. The van der Waals surface area contributed by atoms with Gasteiger partial charge in [-0.25, -0.2) is 10.9 Å². The van der Waals surface area contributed by atoms with Gasteiger partial charge in [0.05, 0.1) is 12.5 Å². The van der Waals surface area contributed by atoms with Gasteiger partial charge in [-0.3, -0.25) is 0 Å². The second kappa shape index (κ2) is 4.18. The van der Waals surface area contributed by atoms with E-state index >= 15 is 0 Å². The van der Waals surface area contributed by atoms with Crippen LogP contribution in [-0.2, 0) is 0 Å². The summed E-state index contributed by atoms with van der Waals surface area (Å²) in [4.78, 5) is 0. The molecule has 0 bridgehead atoms. The predicted octanol–water partition coefficient (Wildman–Crippen LogP) is 0.777. The highest BCUT2D eigenvalue weighted by atomic mass is 32.2. The van der Waals surface area contributed by atoms with Crippen LogP contribution in [0.3, 0.4) is 0 Å². The highest BCUT2D eigenvalue weighted by molar-refractivity contribution is 8.00. The molecule has 1 aromatic rings. The number of rotatable bonds is 2. The Morgan fingerprint density at radius 2 is 2.00 bits per heavy atom. The van der Waals surface area contributed by atoms with E-state index in [9.17, 15) is 0 Å². The summed E-state index contributed by atoms with van der Waals surface area (Å²) >= 11 is 1.65. The molecule has 1 saturated heterocycles. The van der Waals surface area contributed by atoms with Crippen LogP contribution in [0.1, 0.15) is 10.9 Å². The first-order valence-corrected chi connectivity index (χ1v) is 5.30. The molecule has 1 aromatic carbocycles. The molecule has 0 saturated carbocycles. The number of hydrogen-bond donors (Lipinski definition) is 3. The van der Waals surface area contributed by atoms with E-state index in [1.165, 1.54) is 5.56 Å². The molecular weight excluding hydrogens is 198 g/mol. The zero-order valence-electron chi connectivity index (χ0n) is 7.86. The summed E-state index contributed by atoms with van der Waals surface area (Å²) in [7, 11) is 1.66. The largest absolute Gasteiger partial charge is 0.497 e. The van der Waals surface area contributed by atoms with E-state index in [-0.39, 0.29) is 10.9 Å². The molecule has 76 valence electrons. The summed E-state index contributed by atoms with van der Waals surface area (Å²) in [6, 6.07) is 7.95. The van der Waals surface area contributed by atoms with Gasteiger partial charge in [0.25, 0.3) is 0 Å². The van der Waals surface area contributed by atoms with Gasteiger partial charge in [-0.05, 0) is 17.7 Å². The van der Waals surface area contributed by atoms with Gasteiger partial charge in [-0.1, -0.05) is 12.1 Å². The molecule has 5 heteroatoms. The number of nitrogens with two attached hydrogens (primary N) is 1. The molecule has 1 aliphatic heterocycles. The molecule has 4 nitrogen and oxygen atoms in total. The Kier molecular flexibility index (Phi) is 2.93. The van der Waals surface area contributed by atoms with E-state index in [0.29, 0.717) is 0 Å². The molecule has 0 spiro atoms. The van der Waals surface area contributed by atoms with E-state index in [4.69, 9.17) is 10.5 Å². The molecule has 4 N–H and O–H groups in total. The lowest BCUT2D eigenvalue weighted by atomic mass is 10.2. The molecule has 2 unspecified atom stereocenters. The quantitative estimate of drug-likeness (QED) is 0.675. The van der Waals surface area contributed by atoms with Gasteiger partial charge in [-0.15, -0.1) is 11.8 Å². The Morgan fingerprint density at radius 1 is 1.29 bits per heavy atom. The van der Waals surface area contributed by atoms with Crippen molar-refractivity contribution in [2.45, 2.75) is 10.9 Å². The van der Waals surface area contributed by atoms with Crippen LogP contribution >= 0.6 is 11.8 Å². The van der Waals surface area contributed by atoms with Crippen molar-refractivity contribution < 1.29 is 4.74 Å². The van der Waals surface area contributed by atoms with Gasteiger partial charge < -0.3 is 10.5 Å². The third-order valence-electron chi connectivity index (χ3n) is 2.06. The van der Waals surface area contributed by atoms with Crippen LogP contribution in [0.5, 0.6) is 5.75 Å². The fraction of sp³-hybridized carbons (Fsp3) is 0.333. The fourth-order valence-electron chi connectivity index (χ4n) is 1.31. The lowest BCUT2D eigenvalue weighted by molar-refractivity contribution is 0.414. The predicted molar refractivity (Wildman–Crippen MR) is 57.6 cm³/mol. The Hall–Kier alpha value is -0.750. The number of hydrazine groups is 1. The van der Waals surface area contributed by atoms with Crippen LogP contribution in [0.25, 0.3) is 0 Å². The van der Waals surface area contributed by atoms with Gasteiger partial charge in [0.1, 0.15) is 11.2 Å². The molecule has 1 aliphatic rings. The van der Waals surface area contributed by atoms with Crippen LogP contribution < -0.4 is 21.3 Å². The van der Waals surface area contributed by atoms with E-state index in [1.54, 1.807) is 18.9 Å². The Labute approximate surface area is 87.2 Å². The van der Waals surface area contributed by atoms with Crippen LogP contribution in [0.2, 0.25) is 0 Å². The topological polar surface area (TPSA) is 59.3 Å². The maximum Gasteiger partial charge on any atom is 0.118 e. The number of nitrogens with one attached hydrogen (secondary N) is 2. The second-order valence-electron chi connectivity index (χ2n) is 3.00. The molecule has 0 aliphatic carbocycles. The number of ether oxygens (including phenoxy) is 1. The summed E-state index contributed by atoms with van der Waals surface area (Å²) in [5.41, 5.74) is 12.9. The average Bonchev–Trinajstić information content (AvgIpc) is 2.65. The fourth-order valence-corrected chi connectivity index (χ4v) is 2.19. The van der Waals surface area contributed by atoms with Crippen molar-refractivity contribution in [2.75, 3.05) is 7.11 Å². The summed E-state index contributed by atoms with van der Waals surface area (Å²) in [6.45, 7) is 0. The zero-order chi connectivity index (χ0) is 9.97. The summed E-state index contributed by atoms with van der Waals surface area (Å²) in [5, 5.41) is 0.218. The van der Waals surface area contributed by atoms with E-state index in [2.05, 4.69) is 10.9 Å². The SMILES string of the molecule is COc1ccc(C2NNC(N)S2)cc1. The number of benzene rings is 1. The standard InChI is InChI=1S/C9H13N3OS/c1-13-7-4-2-6(3-5-7)8-11-12-9(10)14-8/h2-5,8-9,11-12H,10H2,1H3. The van der Waals surface area contributed by atoms with Crippen molar-refractivity contribution >= 4 is 11.8 Å². The van der Waals surface area contributed by atoms with E-state index in [0.717, 1.165) is 5.75 Å². The van der Waals surface area contributed by atoms with Gasteiger partial charge in [0.15, 0.2) is 0 Å². The minimum absolute atomic E-state index is 0.0397. The average molecular weight is 211 g/mol. The lowest BCUT2D eigenvalue weighted by Gasteiger charge is -2.09. The number of methoxy groups -OCH3 is 1. The van der Waals surface area contributed by atoms with Crippen LogP contribution in [0.15, 0.2) is 24.3 Å². The summed E-state index contributed by atoms with van der Waals surface area (Å²) < 4.78 is 5.09. The van der Waals surface area contributed by atoms with Gasteiger partial charge in [-0.2, -0.15) is 0 Å². The molecule has 1 fully saturated rings. The minimum atomic E-state index is -0.0397. The molecular formula is C9H13N3OS. The van der Waals surface area contributed by atoms with Crippen molar-refractivity contribution in [1.29, 1.82) is 0 Å². The van der Waals surface area contributed by atoms with Gasteiger partial charge in [0.2, 0.25) is 0 Å². The molecule has 2 rings (SSSR count). The lowest BCUT2D eigenvalue weighted by Crippen LogP contribution is -2.35. The maximum absolute atomic E-state index is 5.68. The first-order valence-electron chi connectivity index (χ1n) is 4.35. The van der Waals surface area contributed by atoms with Crippen molar-refractivity contribution in [3.8, 4) is 5.75 Å². The Morgan fingerprint density at radius 3 is 2.50 bits per heavy atom. The second-order valence-corrected chi connectivity index (χ2v) is 4.25. The van der Waals surface area contributed by atoms with E-state index < -0.39 is 0 Å². The van der Waals surface area contributed by atoms with Gasteiger partial charge in [0, 0.05) is 0 Å². The highest BCUT2D eigenvalue weighted by Crippen LogP contribution is 2.31. The monoisotopic (exact) mass is 211 g/mol. The molecule has 14 heavy (non-hydrogen) atoms. The third-order valence-corrected chi connectivity index (χ3v) is 3.13. The zero-order valence-corrected chi connectivity index (χ0v) is 8.67. The first kappa shape index (κ1) is 9.79. The number of hydrogen-bond acceptors (Lipinski definition) is 5. The summed E-state index contributed by atoms with van der Waals surface area (Å²) in [6.07, 6.45) is 0. The van der Waals surface area contributed by atoms with Crippen molar-refractivity contribution in [3.05, 3.63) is 29.8 Å².